The molecule has 2 bridgehead atoms. The molecule has 0 saturated carbocycles. The number of hydrogen-bond acceptors (Lipinski definition) is 4. The second-order valence-corrected chi connectivity index (χ2v) is 6.25. The Kier molecular flexibility index (Phi) is 3.86. The predicted octanol–water partition coefficient (Wildman–Crippen LogP) is 2.67. The highest BCUT2D eigenvalue weighted by atomic mass is 16.5. The third kappa shape index (κ3) is 2.83. The Morgan fingerprint density at radius 1 is 1.21 bits per heavy atom. The van der Waals surface area contributed by atoms with E-state index in [2.05, 4.69) is 10.2 Å². The molecule has 2 aliphatic rings. The summed E-state index contributed by atoms with van der Waals surface area (Å²) in [6, 6.07) is 15.4. The average molecular weight is 324 g/mol. The van der Waals surface area contributed by atoms with Crippen LogP contribution in [-0.4, -0.2) is 36.6 Å². The van der Waals surface area contributed by atoms with Crippen molar-refractivity contribution >= 4 is 11.6 Å². The molecule has 2 aromatic carbocycles. The zero-order valence-electron chi connectivity index (χ0n) is 13.6. The highest BCUT2D eigenvalue weighted by molar-refractivity contribution is 5.96. The molecule has 2 aliphatic heterocycles. The Morgan fingerprint density at radius 3 is 2.79 bits per heavy atom. The van der Waals surface area contributed by atoms with Crippen molar-refractivity contribution in [2.24, 2.45) is 0 Å². The summed E-state index contributed by atoms with van der Waals surface area (Å²) in [6.45, 7) is 1.47. The van der Waals surface area contributed by atoms with E-state index in [-0.39, 0.29) is 18.1 Å². The first-order valence-corrected chi connectivity index (χ1v) is 8.16. The van der Waals surface area contributed by atoms with Crippen molar-refractivity contribution in [3.8, 4) is 11.5 Å². The maximum atomic E-state index is 12.7. The van der Waals surface area contributed by atoms with Crippen molar-refractivity contribution < 1.29 is 14.3 Å². The SMILES string of the molecule is COc1ccc(CN2CC3CC2C(=O)Nc2ccccc2O3)cc1. The first-order valence-electron chi connectivity index (χ1n) is 8.16. The molecule has 24 heavy (non-hydrogen) atoms. The van der Waals surface area contributed by atoms with Gasteiger partial charge in [-0.25, -0.2) is 0 Å². The second-order valence-electron chi connectivity index (χ2n) is 6.25. The van der Waals surface area contributed by atoms with Gasteiger partial charge in [-0.15, -0.1) is 0 Å². The fourth-order valence-corrected chi connectivity index (χ4v) is 3.43. The van der Waals surface area contributed by atoms with Gasteiger partial charge in [-0.05, 0) is 29.8 Å². The maximum Gasteiger partial charge on any atom is 0.241 e. The minimum Gasteiger partial charge on any atom is -0.497 e. The number of nitrogens with zero attached hydrogens (tertiary/aromatic N) is 1. The fraction of sp³-hybridized carbons (Fsp3) is 0.316. The number of amides is 1. The van der Waals surface area contributed by atoms with Gasteiger partial charge in [0.1, 0.15) is 17.6 Å². The van der Waals surface area contributed by atoms with E-state index in [0.717, 1.165) is 42.3 Å². The maximum absolute atomic E-state index is 12.7. The fourth-order valence-electron chi connectivity index (χ4n) is 3.43. The molecule has 0 spiro atoms. The lowest BCUT2D eigenvalue weighted by Crippen LogP contribution is -2.39. The number of likely N-dealkylation sites (tertiary alicyclic amines) is 1. The van der Waals surface area contributed by atoms with E-state index in [1.165, 1.54) is 0 Å². The summed E-state index contributed by atoms with van der Waals surface area (Å²) in [5.41, 5.74) is 1.91. The number of anilines is 1. The van der Waals surface area contributed by atoms with Gasteiger partial charge in [0.15, 0.2) is 0 Å². The predicted molar refractivity (Wildman–Crippen MR) is 91.3 cm³/mol. The van der Waals surface area contributed by atoms with Crippen LogP contribution in [0.15, 0.2) is 48.5 Å². The van der Waals surface area contributed by atoms with Crippen LogP contribution in [0.2, 0.25) is 0 Å². The van der Waals surface area contributed by atoms with Crippen molar-refractivity contribution in [3.05, 3.63) is 54.1 Å². The first kappa shape index (κ1) is 15.0. The molecule has 0 aliphatic carbocycles. The van der Waals surface area contributed by atoms with Gasteiger partial charge in [-0.3, -0.25) is 9.69 Å². The summed E-state index contributed by atoms with van der Waals surface area (Å²) >= 11 is 0. The van der Waals surface area contributed by atoms with Crippen molar-refractivity contribution in [2.45, 2.75) is 25.1 Å². The second kappa shape index (κ2) is 6.17. The molecule has 1 N–H and O–H groups in total. The first-order chi connectivity index (χ1) is 11.7. The van der Waals surface area contributed by atoms with Gasteiger partial charge in [0, 0.05) is 19.5 Å². The third-order valence-electron chi connectivity index (χ3n) is 4.65. The number of rotatable bonds is 3. The molecule has 1 saturated heterocycles. The van der Waals surface area contributed by atoms with Crippen LogP contribution in [0.3, 0.4) is 0 Å². The molecule has 1 amide bonds. The summed E-state index contributed by atoms with van der Waals surface area (Å²) in [5, 5.41) is 3.00. The van der Waals surface area contributed by atoms with Crippen LogP contribution >= 0.6 is 0 Å². The summed E-state index contributed by atoms with van der Waals surface area (Å²) < 4.78 is 11.3. The summed E-state index contributed by atoms with van der Waals surface area (Å²) in [4.78, 5) is 14.8. The Balaban J connectivity index is 1.54. The Bertz CT molecular complexity index is 745. The molecular formula is C19H20N2O3. The molecule has 2 unspecified atom stereocenters. The number of fused-ring (bicyclic) bond motifs is 3. The van der Waals surface area contributed by atoms with Crippen LogP contribution in [0.5, 0.6) is 11.5 Å². The smallest absolute Gasteiger partial charge is 0.241 e. The van der Waals surface area contributed by atoms with E-state index in [9.17, 15) is 4.79 Å². The Labute approximate surface area is 141 Å². The topological polar surface area (TPSA) is 50.8 Å². The number of benzene rings is 2. The molecule has 2 aromatic rings. The minimum atomic E-state index is -0.162. The van der Waals surface area contributed by atoms with Crippen LogP contribution in [0.25, 0.3) is 0 Å². The molecule has 124 valence electrons. The number of carbonyl (C=O) groups excluding carboxylic acids is 1. The molecule has 5 heteroatoms. The van der Waals surface area contributed by atoms with E-state index >= 15 is 0 Å². The lowest BCUT2D eigenvalue weighted by Gasteiger charge is -2.23. The molecule has 5 nitrogen and oxygen atoms in total. The van der Waals surface area contributed by atoms with Crippen LogP contribution in [0.4, 0.5) is 5.69 Å². The van der Waals surface area contributed by atoms with Crippen molar-refractivity contribution in [1.29, 1.82) is 0 Å². The number of hydrogen-bond donors (Lipinski definition) is 1. The van der Waals surface area contributed by atoms with Gasteiger partial charge in [0.05, 0.1) is 18.8 Å². The zero-order chi connectivity index (χ0) is 16.5. The quantitative estimate of drug-likeness (QED) is 0.943. The van der Waals surface area contributed by atoms with E-state index < -0.39 is 0 Å². The summed E-state index contributed by atoms with van der Waals surface area (Å²) in [6.07, 6.45) is 0.761. The number of para-hydroxylation sites is 2. The van der Waals surface area contributed by atoms with Gasteiger partial charge in [0.2, 0.25) is 5.91 Å². The molecule has 2 atom stereocenters. The summed E-state index contributed by atoms with van der Waals surface area (Å²) in [5.74, 6) is 1.63. The molecule has 4 rings (SSSR count). The standard InChI is InChI=1S/C19H20N2O3/c1-23-14-8-6-13(7-9-14)11-21-12-15-10-17(21)19(22)20-16-4-2-3-5-18(16)24-15/h2-9,15,17H,10-12H2,1H3,(H,20,22). The van der Waals surface area contributed by atoms with Crippen LogP contribution in [-0.2, 0) is 11.3 Å². The zero-order valence-corrected chi connectivity index (χ0v) is 13.6. The van der Waals surface area contributed by atoms with E-state index in [1.54, 1.807) is 7.11 Å². The highest BCUT2D eigenvalue weighted by Gasteiger charge is 2.39. The van der Waals surface area contributed by atoms with Crippen LogP contribution in [0.1, 0.15) is 12.0 Å². The van der Waals surface area contributed by atoms with Crippen LogP contribution < -0.4 is 14.8 Å². The van der Waals surface area contributed by atoms with Crippen molar-refractivity contribution in [1.82, 2.24) is 4.90 Å². The highest BCUT2D eigenvalue weighted by Crippen LogP contribution is 2.33. The molecule has 2 heterocycles. The van der Waals surface area contributed by atoms with Gasteiger partial charge >= 0.3 is 0 Å². The van der Waals surface area contributed by atoms with Gasteiger partial charge in [-0.2, -0.15) is 0 Å². The number of nitrogens with one attached hydrogen (secondary N) is 1. The molecule has 0 radical (unpaired) electrons. The number of ether oxygens (including phenoxy) is 2. The normalized spacial score (nSPS) is 22.8. The Morgan fingerprint density at radius 2 is 2.00 bits per heavy atom. The lowest BCUT2D eigenvalue weighted by atomic mass is 10.1. The van der Waals surface area contributed by atoms with Crippen molar-refractivity contribution in [3.63, 3.8) is 0 Å². The van der Waals surface area contributed by atoms with Crippen LogP contribution in [0, 0.1) is 0 Å². The minimum absolute atomic E-state index is 0.0421. The number of carbonyl (C=O) groups is 1. The monoisotopic (exact) mass is 324 g/mol. The van der Waals surface area contributed by atoms with Gasteiger partial charge in [0.25, 0.3) is 0 Å². The van der Waals surface area contributed by atoms with E-state index in [1.807, 2.05) is 48.5 Å². The average Bonchev–Trinajstić information content (AvgIpc) is 3.00. The third-order valence-corrected chi connectivity index (χ3v) is 4.65. The molecule has 0 aromatic heterocycles. The summed E-state index contributed by atoms with van der Waals surface area (Å²) in [7, 11) is 1.66. The molecular weight excluding hydrogens is 304 g/mol. The van der Waals surface area contributed by atoms with E-state index in [0.29, 0.717) is 0 Å². The van der Waals surface area contributed by atoms with E-state index in [4.69, 9.17) is 9.47 Å². The van der Waals surface area contributed by atoms with Gasteiger partial charge in [-0.1, -0.05) is 24.3 Å². The van der Waals surface area contributed by atoms with Gasteiger partial charge < -0.3 is 14.8 Å². The largest absolute Gasteiger partial charge is 0.497 e. The lowest BCUT2D eigenvalue weighted by molar-refractivity contribution is -0.120. The van der Waals surface area contributed by atoms with Crippen molar-refractivity contribution in [2.75, 3.05) is 19.0 Å². The Hall–Kier alpha value is -2.53. The number of methoxy groups -OCH3 is 1. The molecule has 1 fully saturated rings.